The SMILES string of the molecule is NC[C@H]1CCCCN1C(=O)c1ccc(-c2nccc3ccccc23)cc1. The van der Waals surface area contributed by atoms with E-state index in [0.29, 0.717) is 12.1 Å². The number of benzene rings is 2. The fraction of sp³-hybridized carbons (Fsp3) is 0.273. The van der Waals surface area contributed by atoms with Crippen molar-refractivity contribution in [3.05, 3.63) is 66.4 Å². The van der Waals surface area contributed by atoms with Gasteiger partial charge in [0.2, 0.25) is 0 Å². The number of amides is 1. The standard InChI is InChI=1S/C22H23N3O/c23-15-19-6-3-4-14-25(19)22(26)18-10-8-17(9-11-18)21-20-7-2-1-5-16(20)12-13-24-21/h1-2,5,7-13,19H,3-4,6,14-15,23H2/t19-/m1/s1. The molecule has 1 amide bonds. The molecule has 1 aromatic heterocycles. The van der Waals surface area contributed by atoms with Gasteiger partial charge in [-0.25, -0.2) is 0 Å². The highest BCUT2D eigenvalue weighted by atomic mass is 16.2. The van der Waals surface area contributed by atoms with Crippen molar-refractivity contribution < 1.29 is 4.79 Å². The zero-order valence-electron chi connectivity index (χ0n) is 14.8. The first-order chi connectivity index (χ1) is 12.8. The van der Waals surface area contributed by atoms with Crippen LogP contribution in [0.2, 0.25) is 0 Å². The molecular weight excluding hydrogens is 322 g/mol. The number of piperidine rings is 1. The van der Waals surface area contributed by atoms with Crippen LogP contribution in [0.1, 0.15) is 29.6 Å². The first-order valence-electron chi connectivity index (χ1n) is 9.23. The molecule has 1 saturated heterocycles. The molecule has 1 aliphatic rings. The van der Waals surface area contributed by atoms with Crippen LogP contribution < -0.4 is 5.73 Å². The monoisotopic (exact) mass is 345 g/mol. The number of pyridine rings is 1. The Balaban J connectivity index is 1.63. The largest absolute Gasteiger partial charge is 0.334 e. The molecule has 4 rings (SSSR count). The molecule has 26 heavy (non-hydrogen) atoms. The van der Waals surface area contributed by atoms with Gasteiger partial charge in [-0.1, -0.05) is 36.4 Å². The lowest BCUT2D eigenvalue weighted by Crippen LogP contribution is -2.47. The summed E-state index contributed by atoms with van der Waals surface area (Å²) in [5.74, 6) is 0.0811. The minimum absolute atomic E-state index is 0.0811. The van der Waals surface area contributed by atoms with Crippen LogP contribution in [-0.4, -0.2) is 34.9 Å². The van der Waals surface area contributed by atoms with E-state index in [1.165, 1.54) is 0 Å². The van der Waals surface area contributed by atoms with E-state index in [0.717, 1.165) is 47.8 Å². The number of aromatic nitrogens is 1. The molecule has 0 unspecified atom stereocenters. The van der Waals surface area contributed by atoms with Crippen LogP contribution in [0.15, 0.2) is 60.8 Å². The van der Waals surface area contributed by atoms with E-state index in [1.54, 1.807) is 0 Å². The van der Waals surface area contributed by atoms with Gasteiger partial charge in [0.1, 0.15) is 0 Å². The molecule has 132 valence electrons. The van der Waals surface area contributed by atoms with Gasteiger partial charge in [0.05, 0.1) is 5.69 Å². The van der Waals surface area contributed by atoms with Crippen molar-refractivity contribution in [2.24, 2.45) is 5.73 Å². The van der Waals surface area contributed by atoms with E-state index in [9.17, 15) is 4.79 Å². The first-order valence-corrected chi connectivity index (χ1v) is 9.23. The number of carbonyl (C=O) groups excluding carboxylic acids is 1. The lowest BCUT2D eigenvalue weighted by molar-refractivity contribution is 0.0623. The van der Waals surface area contributed by atoms with Gasteiger partial charge < -0.3 is 10.6 Å². The van der Waals surface area contributed by atoms with E-state index < -0.39 is 0 Å². The number of likely N-dealkylation sites (tertiary alicyclic amines) is 1. The summed E-state index contributed by atoms with van der Waals surface area (Å²) < 4.78 is 0. The number of hydrogen-bond acceptors (Lipinski definition) is 3. The van der Waals surface area contributed by atoms with Crippen molar-refractivity contribution in [1.29, 1.82) is 0 Å². The number of rotatable bonds is 3. The predicted octanol–water partition coefficient (Wildman–Crippen LogP) is 3.86. The number of hydrogen-bond donors (Lipinski definition) is 1. The van der Waals surface area contributed by atoms with Crippen LogP contribution in [0.5, 0.6) is 0 Å². The molecule has 1 fully saturated rings. The average molecular weight is 345 g/mol. The Hall–Kier alpha value is -2.72. The molecule has 0 spiro atoms. The zero-order valence-corrected chi connectivity index (χ0v) is 14.8. The summed E-state index contributed by atoms with van der Waals surface area (Å²) >= 11 is 0. The molecule has 1 atom stereocenters. The average Bonchev–Trinajstić information content (AvgIpc) is 2.73. The van der Waals surface area contributed by atoms with Gasteiger partial charge in [0, 0.05) is 41.8 Å². The van der Waals surface area contributed by atoms with Gasteiger partial charge in [-0.05, 0) is 42.8 Å². The third-order valence-corrected chi connectivity index (χ3v) is 5.24. The minimum atomic E-state index is 0.0811. The molecule has 1 aliphatic heterocycles. The highest BCUT2D eigenvalue weighted by Crippen LogP contribution is 2.27. The molecular formula is C22H23N3O. The van der Waals surface area contributed by atoms with Crippen LogP contribution in [-0.2, 0) is 0 Å². The first kappa shape index (κ1) is 16.7. The summed E-state index contributed by atoms with van der Waals surface area (Å²) in [6, 6.07) is 18.2. The van der Waals surface area contributed by atoms with Gasteiger partial charge in [0.15, 0.2) is 0 Å². The Morgan fingerprint density at radius 3 is 2.69 bits per heavy atom. The number of nitrogens with two attached hydrogens (primary N) is 1. The molecule has 0 radical (unpaired) electrons. The second-order valence-electron chi connectivity index (χ2n) is 6.84. The highest BCUT2D eigenvalue weighted by molar-refractivity contribution is 5.97. The Morgan fingerprint density at radius 2 is 1.88 bits per heavy atom. The van der Waals surface area contributed by atoms with E-state index in [2.05, 4.69) is 17.1 Å². The second kappa shape index (κ2) is 7.26. The molecule has 0 saturated carbocycles. The smallest absolute Gasteiger partial charge is 0.254 e. The molecule has 2 aromatic carbocycles. The molecule has 2 N–H and O–H groups in total. The summed E-state index contributed by atoms with van der Waals surface area (Å²) in [5, 5.41) is 2.28. The van der Waals surface area contributed by atoms with E-state index in [4.69, 9.17) is 5.73 Å². The maximum Gasteiger partial charge on any atom is 0.254 e. The summed E-state index contributed by atoms with van der Waals surface area (Å²) in [7, 11) is 0. The van der Waals surface area contributed by atoms with Crippen molar-refractivity contribution >= 4 is 16.7 Å². The van der Waals surface area contributed by atoms with Crippen molar-refractivity contribution in [2.45, 2.75) is 25.3 Å². The lowest BCUT2D eigenvalue weighted by Gasteiger charge is -2.35. The Kier molecular flexibility index (Phi) is 4.67. The van der Waals surface area contributed by atoms with Gasteiger partial charge in [-0.15, -0.1) is 0 Å². The minimum Gasteiger partial charge on any atom is -0.334 e. The quantitative estimate of drug-likeness (QED) is 0.784. The molecule has 4 nitrogen and oxygen atoms in total. The van der Waals surface area contributed by atoms with Crippen molar-refractivity contribution in [3.63, 3.8) is 0 Å². The van der Waals surface area contributed by atoms with Gasteiger partial charge >= 0.3 is 0 Å². The highest BCUT2D eigenvalue weighted by Gasteiger charge is 2.26. The Labute approximate surface area is 153 Å². The van der Waals surface area contributed by atoms with Crippen molar-refractivity contribution in [3.8, 4) is 11.3 Å². The van der Waals surface area contributed by atoms with Crippen LogP contribution in [0.4, 0.5) is 0 Å². The summed E-state index contributed by atoms with van der Waals surface area (Å²) in [6.07, 6.45) is 5.04. The molecule has 3 aromatic rings. The normalized spacial score (nSPS) is 17.4. The van der Waals surface area contributed by atoms with Gasteiger partial charge in [-0.3, -0.25) is 9.78 Å². The van der Waals surface area contributed by atoms with E-state index in [-0.39, 0.29) is 11.9 Å². The number of carbonyl (C=O) groups is 1. The van der Waals surface area contributed by atoms with Gasteiger partial charge in [0.25, 0.3) is 5.91 Å². The summed E-state index contributed by atoms with van der Waals surface area (Å²) in [4.78, 5) is 19.4. The third kappa shape index (κ3) is 3.08. The third-order valence-electron chi connectivity index (χ3n) is 5.24. The topological polar surface area (TPSA) is 59.2 Å². The fourth-order valence-electron chi connectivity index (χ4n) is 3.80. The molecule has 0 aliphatic carbocycles. The maximum atomic E-state index is 12.9. The van der Waals surface area contributed by atoms with E-state index in [1.807, 2.05) is 53.6 Å². The van der Waals surface area contributed by atoms with Crippen LogP contribution in [0.25, 0.3) is 22.0 Å². The fourth-order valence-corrected chi connectivity index (χ4v) is 3.80. The van der Waals surface area contributed by atoms with Crippen LogP contribution in [0, 0.1) is 0 Å². The Bertz CT molecular complexity index is 915. The zero-order chi connectivity index (χ0) is 17.9. The molecule has 4 heteroatoms. The number of nitrogens with zero attached hydrogens (tertiary/aromatic N) is 2. The van der Waals surface area contributed by atoms with Crippen LogP contribution in [0.3, 0.4) is 0 Å². The van der Waals surface area contributed by atoms with Crippen molar-refractivity contribution in [1.82, 2.24) is 9.88 Å². The molecule has 0 bridgehead atoms. The lowest BCUT2D eigenvalue weighted by atomic mass is 9.99. The number of fused-ring (bicyclic) bond motifs is 1. The van der Waals surface area contributed by atoms with E-state index >= 15 is 0 Å². The summed E-state index contributed by atoms with van der Waals surface area (Å²) in [5.41, 5.74) is 8.54. The summed E-state index contributed by atoms with van der Waals surface area (Å²) in [6.45, 7) is 1.33. The second-order valence-corrected chi connectivity index (χ2v) is 6.84. The maximum absolute atomic E-state index is 12.9. The van der Waals surface area contributed by atoms with Crippen LogP contribution >= 0.6 is 0 Å². The Morgan fingerprint density at radius 1 is 1.08 bits per heavy atom. The molecule has 2 heterocycles. The van der Waals surface area contributed by atoms with Gasteiger partial charge in [-0.2, -0.15) is 0 Å². The van der Waals surface area contributed by atoms with Crippen molar-refractivity contribution in [2.75, 3.05) is 13.1 Å². The predicted molar refractivity (Wildman–Crippen MR) is 105 cm³/mol.